The van der Waals surface area contributed by atoms with E-state index >= 15 is 0 Å². The van der Waals surface area contributed by atoms with Crippen LogP contribution in [0.4, 0.5) is 5.69 Å². The molecule has 122 valence electrons. The molecule has 1 aliphatic rings. The van der Waals surface area contributed by atoms with Crippen molar-refractivity contribution in [2.45, 2.75) is 32.3 Å². The lowest BCUT2D eigenvalue weighted by Gasteiger charge is -2.28. The number of anilines is 1. The first-order valence-corrected chi connectivity index (χ1v) is 7.63. The Balaban J connectivity index is 1.93. The molecule has 0 aliphatic heterocycles. The van der Waals surface area contributed by atoms with Crippen LogP contribution in [0.2, 0.25) is 0 Å². The maximum Gasteiger partial charge on any atom is 0.256 e. The van der Waals surface area contributed by atoms with Crippen LogP contribution >= 0.6 is 0 Å². The largest absolute Gasteiger partial charge is 0.475 e. The summed E-state index contributed by atoms with van der Waals surface area (Å²) in [5, 5.41) is 2.88. The molecule has 6 heteroatoms. The first kappa shape index (κ1) is 16.7. The van der Waals surface area contributed by atoms with E-state index in [1.54, 1.807) is 25.4 Å². The fraction of sp³-hybridized carbons (Fsp3) is 0.625. The van der Waals surface area contributed by atoms with Gasteiger partial charge in [-0.1, -0.05) is 0 Å². The van der Waals surface area contributed by atoms with E-state index in [-0.39, 0.29) is 5.91 Å². The molecule has 1 saturated carbocycles. The van der Waals surface area contributed by atoms with Gasteiger partial charge in [0.15, 0.2) is 0 Å². The summed E-state index contributed by atoms with van der Waals surface area (Å²) >= 11 is 0. The van der Waals surface area contributed by atoms with E-state index in [9.17, 15) is 4.79 Å². The van der Waals surface area contributed by atoms with Gasteiger partial charge in [-0.2, -0.15) is 0 Å². The van der Waals surface area contributed by atoms with E-state index in [1.165, 1.54) is 0 Å². The van der Waals surface area contributed by atoms with Crippen molar-refractivity contribution in [3.05, 3.63) is 18.3 Å². The lowest BCUT2D eigenvalue weighted by molar-refractivity contribution is -0.141. The third-order valence-electron chi connectivity index (χ3n) is 3.78. The van der Waals surface area contributed by atoms with Crippen LogP contribution in [0, 0.1) is 5.92 Å². The van der Waals surface area contributed by atoms with Crippen LogP contribution in [0.25, 0.3) is 0 Å². The molecule has 1 fully saturated rings. The van der Waals surface area contributed by atoms with Crippen molar-refractivity contribution in [2.24, 2.45) is 5.92 Å². The SMILES string of the molecule is CCO[C@@](C)(C(=O)Nc1ccc(OCCOC)nc1)C1CC1. The molecule has 1 N–H and O–H groups in total. The molecule has 0 bridgehead atoms. The zero-order chi connectivity index (χ0) is 16.0. The van der Waals surface area contributed by atoms with Gasteiger partial charge in [0.05, 0.1) is 18.5 Å². The highest BCUT2D eigenvalue weighted by Crippen LogP contribution is 2.42. The maximum atomic E-state index is 12.5. The molecular weight excluding hydrogens is 284 g/mol. The van der Waals surface area contributed by atoms with Gasteiger partial charge in [-0.25, -0.2) is 4.98 Å². The Kier molecular flexibility index (Phi) is 5.74. The lowest BCUT2D eigenvalue weighted by Crippen LogP contribution is -2.44. The number of nitrogens with zero attached hydrogens (tertiary/aromatic N) is 1. The van der Waals surface area contributed by atoms with Crippen LogP contribution < -0.4 is 10.1 Å². The number of amides is 1. The molecule has 1 aromatic rings. The molecule has 1 aliphatic carbocycles. The molecule has 1 atom stereocenters. The van der Waals surface area contributed by atoms with Crippen molar-refractivity contribution in [3.8, 4) is 5.88 Å². The number of carbonyl (C=O) groups is 1. The smallest absolute Gasteiger partial charge is 0.256 e. The van der Waals surface area contributed by atoms with Gasteiger partial charge >= 0.3 is 0 Å². The Labute approximate surface area is 131 Å². The van der Waals surface area contributed by atoms with E-state index in [0.717, 1.165) is 12.8 Å². The van der Waals surface area contributed by atoms with Crippen LogP contribution in [0.5, 0.6) is 5.88 Å². The van der Waals surface area contributed by atoms with Crippen LogP contribution in [-0.4, -0.2) is 43.4 Å². The van der Waals surface area contributed by atoms with Crippen LogP contribution in [0.3, 0.4) is 0 Å². The molecule has 22 heavy (non-hydrogen) atoms. The van der Waals surface area contributed by atoms with E-state index in [1.807, 2.05) is 13.8 Å². The summed E-state index contributed by atoms with van der Waals surface area (Å²) in [6, 6.07) is 3.49. The minimum Gasteiger partial charge on any atom is -0.475 e. The molecule has 6 nitrogen and oxygen atoms in total. The van der Waals surface area contributed by atoms with E-state index < -0.39 is 5.60 Å². The molecule has 0 aromatic carbocycles. The minimum absolute atomic E-state index is 0.119. The van der Waals surface area contributed by atoms with Gasteiger partial charge in [-0.15, -0.1) is 0 Å². The number of hydrogen-bond acceptors (Lipinski definition) is 5. The molecule has 1 amide bonds. The number of nitrogens with one attached hydrogen (secondary N) is 1. The second kappa shape index (κ2) is 7.56. The third kappa shape index (κ3) is 4.18. The zero-order valence-corrected chi connectivity index (χ0v) is 13.4. The van der Waals surface area contributed by atoms with Crippen molar-refractivity contribution in [3.63, 3.8) is 0 Å². The standard InChI is InChI=1S/C16H24N2O4/c1-4-22-16(2,12-5-6-12)15(19)18-13-7-8-14(17-11-13)21-10-9-20-3/h7-8,11-12H,4-6,9-10H2,1-3H3,(H,18,19)/t16-/m1/s1. The van der Waals surface area contributed by atoms with Gasteiger partial charge in [0.1, 0.15) is 12.2 Å². The van der Waals surface area contributed by atoms with Gasteiger partial charge in [-0.3, -0.25) is 4.79 Å². The number of aromatic nitrogens is 1. The molecule has 1 heterocycles. The van der Waals surface area contributed by atoms with Crippen LogP contribution in [-0.2, 0) is 14.3 Å². The quantitative estimate of drug-likeness (QED) is 0.709. The Morgan fingerprint density at radius 3 is 2.73 bits per heavy atom. The predicted octanol–water partition coefficient (Wildman–Crippen LogP) is 2.25. The topological polar surface area (TPSA) is 69.7 Å². The van der Waals surface area contributed by atoms with Crippen molar-refractivity contribution >= 4 is 11.6 Å². The van der Waals surface area contributed by atoms with Gasteiger partial charge < -0.3 is 19.5 Å². The molecule has 1 aromatic heterocycles. The number of hydrogen-bond donors (Lipinski definition) is 1. The van der Waals surface area contributed by atoms with Gasteiger partial charge in [-0.05, 0) is 38.7 Å². The third-order valence-corrected chi connectivity index (χ3v) is 3.78. The van der Waals surface area contributed by atoms with Crippen LogP contribution in [0.1, 0.15) is 26.7 Å². The van der Waals surface area contributed by atoms with Crippen molar-refractivity contribution in [1.82, 2.24) is 4.98 Å². The van der Waals surface area contributed by atoms with E-state index in [2.05, 4.69) is 10.3 Å². The zero-order valence-electron chi connectivity index (χ0n) is 13.4. The first-order chi connectivity index (χ1) is 10.6. The Bertz CT molecular complexity index is 487. The summed E-state index contributed by atoms with van der Waals surface area (Å²) < 4.78 is 16.0. The normalized spacial score (nSPS) is 16.9. The second-order valence-corrected chi connectivity index (χ2v) is 5.49. The van der Waals surface area contributed by atoms with Crippen molar-refractivity contribution in [2.75, 3.05) is 32.2 Å². The van der Waals surface area contributed by atoms with Gasteiger partial charge in [0, 0.05) is 19.8 Å². The minimum atomic E-state index is -0.762. The fourth-order valence-electron chi connectivity index (χ4n) is 2.33. The Hall–Kier alpha value is -1.66. The Morgan fingerprint density at radius 1 is 1.41 bits per heavy atom. The van der Waals surface area contributed by atoms with E-state index in [0.29, 0.717) is 37.3 Å². The van der Waals surface area contributed by atoms with E-state index in [4.69, 9.17) is 14.2 Å². The molecule has 0 unspecified atom stereocenters. The molecule has 2 rings (SSSR count). The van der Waals surface area contributed by atoms with Crippen LogP contribution in [0.15, 0.2) is 18.3 Å². The molecule has 0 saturated heterocycles. The Morgan fingerprint density at radius 2 is 2.18 bits per heavy atom. The fourth-order valence-corrected chi connectivity index (χ4v) is 2.33. The van der Waals surface area contributed by atoms with Gasteiger partial charge in [0.25, 0.3) is 5.91 Å². The summed E-state index contributed by atoms with van der Waals surface area (Å²) in [4.78, 5) is 16.6. The highest BCUT2D eigenvalue weighted by molar-refractivity contribution is 5.97. The summed E-state index contributed by atoms with van der Waals surface area (Å²) in [6.45, 7) is 5.24. The first-order valence-electron chi connectivity index (χ1n) is 7.63. The predicted molar refractivity (Wildman–Crippen MR) is 83.0 cm³/mol. The number of ether oxygens (including phenoxy) is 3. The summed E-state index contributed by atoms with van der Waals surface area (Å²) in [6.07, 6.45) is 3.65. The average molecular weight is 308 g/mol. The van der Waals surface area contributed by atoms with Gasteiger partial charge in [0.2, 0.25) is 5.88 Å². The molecular formula is C16H24N2O4. The summed E-state index contributed by atoms with van der Waals surface area (Å²) in [7, 11) is 1.62. The number of rotatable bonds is 9. The lowest BCUT2D eigenvalue weighted by atomic mass is 9.99. The highest BCUT2D eigenvalue weighted by Gasteiger charge is 2.48. The monoisotopic (exact) mass is 308 g/mol. The van der Waals surface area contributed by atoms with Crippen molar-refractivity contribution in [1.29, 1.82) is 0 Å². The summed E-state index contributed by atoms with van der Waals surface area (Å²) in [5.41, 5.74) is -0.127. The highest BCUT2D eigenvalue weighted by atomic mass is 16.5. The van der Waals surface area contributed by atoms with Crippen molar-refractivity contribution < 1.29 is 19.0 Å². The second-order valence-electron chi connectivity index (χ2n) is 5.49. The summed E-state index contributed by atoms with van der Waals surface area (Å²) in [5.74, 6) is 0.688. The average Bonchev–Trinajstić information content (AvgIpc) is 3.34. The molecule has 0 spiro atoms. The molecule has 0 radical (unpaired) electrons. The number of carbonyl (C=O) groups excluding carboxylic acids is 1. The number of pyridine rings is 1. The maximum absolute atomic E-state index is 12.5. The number of methoxy groups -OCH3 is 1.